The van der Waals surface area contributed by atoms with Gasteiger partial charge in [-0.3, -0.25) is 0 Å². The van der Waals surface area contributed by atoms with Gasteiger partial charge in [0.25, 0.3) is 0 Å². The number of benzene rings is 2. The van der Waals surface area contributed by atoms with Gasteiger partial charge in [0.15, 0.2) is 0 Å². The number of aryl methyl sites for hydroxylation is 6. The molecule has 0 amide bonds. The molecule has 2 bridgehead atoms. The van der Waals surface area contributed by atoms with Crippen LogP contribution in [0.3, 0.4) is 0 Å². The Kier molecular flexibility index (Phi) is 5.59. The second-order valence-corrected chi connectivity index (χ2v) is 14.3. The third kappa shape index (κ3) is 3.54. The molecule has 2 aromatic carbocycles. The van der Waals surface area contributed by atoms with Crippen LogP contribution >= 0.6 is 7.26 Å². The SMILES string of the molecule is Cc1cc(C)c(C(=O)[PH](C)(C(=O)c2c(C)cc(C)cc2C)C2CC3C=CC2C3)c(C)c1. The van der Waals surface area contributed by atoms with Gasteiger partial charge in [-0.25, -0.2) is 0 Å². The van der Waals surface area contributed by atoms with Crippen LogP contribution in [-0.4, -0.2) is 23.4 Å². The van der Waals surface area contributed by atoms with Crippen molar-refractivity contribution in [2.75, 3.05) is 6.66 Å². The maximum absolute atomic E-state index is 14.4. The molecule has 0 heterocycles. The molecule has 2 aliphatic rings. The zero-order valence-corrected chi connectivity index (χ0v) is 20.9. The van der Waals surface area contributed by atoms with Crippen LogP contribution in [-0.2, 0) is 0 Å². The first kappa shape index (κ1) is 22.2. The molecule has 1 saturated carbocycles. The van der Waals surface area contributed by atoms with Crippen molar-refractivity contribution < 1.29 is 9.59 Å². The summed E-state index contributed by atoms with van der Waals surface area (Å²) < 4.78 is 0. The Labute approximate surface area is 187 Å². The summed E-state index contributed by atoms with van der Waals surface area (Å²) in [5.41, 5.74) is 8.39. The molecule has 0 aliphatic heterocycles. The van der Waals surface area contributed by atoms with Crippen molar-refractivity contribution in [2.24, 2.45) is 11.8 Å². The topological polar surface area (TPSA) is 34.1 Å². The van der Waals surface area contributed by atoms with Crippen LogP contribution in [0.15, 0.2) is 36.4 Å². The van der Waals surface area contributed by atoms with Gasteiger partial charge in [-0.2, -0.15) is 0 Å². The fraction of sp³-hybridized carbons (Fsp3) is 0.429. The van der Waals surface area contributed by atoms with Gasteiger partial charge in [-0.15, -0.1) is 0 Å². The van der Waals surface area contributed by atoms with Crippen LogP contribution in [0.2, 0.25) is 0 Å². The van der Waals surface area contributed by atoms with Crippen molar-refractivity contribution >= 4 is 18.3 Å². The molecule has 0 spiro atoms. The first-order valence-corrected chi connectivity index (χ1v) is 14.1. The molecule has 164 valence electrons. The zero-order valence-electron chi connectivity index (χ0n) is 19.9. The fourth-order valence-corrected chi connectivity index (χ4v) is 11.1. The fourth-order valence-electron chi connectivity index (χ4n) is 6.48. The van der Waals surface area contributed by atoms with E-state index >= 15 is 0 Å². The van der Waals surface area contributed by atoms with Crippen molar-refractivity contribution in [3.8, 4) is 0 Å². The van der Waals surface area contributed by atoms with Crippen LogP contribution in [0.5, 0.6) is 0 Å². The van der Waals surface area contributed by atoms with Gasteiger partial charge in [-0.05, 0) is 0 Å². The van der Waals surface area contributed by atoms with E-state index in [0.29, 0.717) is 11.8 Å². The number of allylic oxidation sites excluding steroid dienone is 2. The van der Waals surface area contributed by atoms with Crippen molar-refractivity contribution in [3.05, 3.63) is 80.9 Å². The molecular weight excluding hydrogens is 399 g/mol. The minimum absolute atomic E-state index is 0.137. The molecule has 31 heavy (non-hydrogen) atoms. The van der Waals surface area contributed by atoms with Gasteiger partial charge >= 0.3 is 187 Å². The maximum atomic E-state index is 14.4. The van der Waals surface area contributed by atoms with Gasteiger partial charge in [0, 0.05) is 0 Å². The normalized spacial score (nSPS) is 22.7. The van der Waals surface area contributed by atoms with Crippen molar-refractivity contribution in [1.29, 1.82) is 0 Å². The van der Waals surface area contributed by atoms with Crippen molar-refractivity contribution in [1.82, 2.24) is 0 Å². The van der Waals surface area contributed by atoms with Gasteiger partial charge in [0.05, 0.1) is 0 Å². The molecule has 2 aliphatic carbocycles. The van der Waals surface area contributed by atoms with Gasteiger partial charge in [0.2, 0.25) is 0 Å². The number of hydrogen-bond donors (Lipinski definition) is 0. The van der Waals surface area contributed by atoms with E-state index in [1.54, 1.807) is 0 Å². The van der Waals surface area contributed by atoms with E-state index < -0.39 is 7.26 Å². The standard InChI is InChI=1S/C28H35O2P/c1-16-10-18(3)25(19(4)11-16)27(29)31(7,24-15-22-8-9-23(24)14-22)28(30)26-20(5)12-17(2)13-21(26)6/h8-13,22-24,31H,14-15H2,1-7H3. The summed E-state index contributed by atoms with van der Waals surface area (Å²) in [6.07, 6.45) is 6.67. The third-order valence-electron chi connectivity index (χ3n) is 7.77. The molecule has 0 aromatic heterocycles. The number of carbonyl (C=O) groups excluding carboxylic acids is 2. The number of rotatable bonds is 5. The first-order chi connectivity index (χ1) is 14.5. The number of fused-ring (bicyclic) bond motifs is 2. The van der Waals surface area contributed by atoms with E-state index in [1.165, 1.54) is 0 Å². The summed E-state index contributed by atoms with van der Waals surface area (Å²) in [7, 11) is -3.05. The summed E-state index contributed by atoms with van der Waals surface area (Å²) in [6, 6.07) is 8.34. The molecule has 3 atom stereocenters. The van der Waals surface area contributed by atoms with E-state index in [-0.39, 0.29) is 16.7 Å². The molecule has 2 aromatic rings. The monoisotopic (exact) mass is 434 g/mol. The van der Waals surface area contributed by atoms with Crippen LogP contribution in [0.1, 0.15) is 66.9 Å². The molecule has 0 N–H and O–H groups in total. The Bertz CT molecular complexity index is 1010. The molecular formula is C28H35O2P. The summed E-state index contributed by atoms with van der Waals surface area (Å²) in [6.45, 7) is 14.3. The van der Waals surface area contributed by atoms with E-state index in [9.17, 15) is 9.59 Å². The second kappa shape index (κ2) is 7.82. The second-order valence-electron chi connectivity index (χ2n) is 10.3. The molecule has 0 saturated heterocycles. The van der Waals surface area contributed by atoms with E-state index in [4.69, 9.17) is 0 Å². The van der Waals surface area contributed by atoms with Gasteiger partial charge in [0.1, 0.15) is 0 Å². The summed E-state index contributed by atoms with van der Waals surface area (Å²) in [5, 5.41) is 0. The van der Waals surface area contributed by atoms with Crippen molar-refractivity contribution in [3.63, 3.8) is 0 Å². The summed E-state index contributed by atoms with van der Waals surface area (Å²) in [5.74, 6) is 0.898. The average Bonchev–Trinajstić information content (AvgIpc) is 3.29. The third-order valence-corrected chi connectivity index (χ3v) is 12.3. The van der Waals surface area contributed by atoms with Gasteiger partial charge in [-0.1, -0.05) is 0 Å². The summed E-state index contributed by atoms with van der Waals surface area (Å²) in [4.78, 5) is 28.8. The Balaban J connectivity index is 1.91. The van der Waals surface area contributed by atoms with Crippen LogP contribution in [0.25, 0.3) is 0 Å². The molecule has 1 fully saturated rings. The average molecular weight is 435 g/mol. The van der Waals surface area contributed by atoms with E-state index in [2.05, 4.69) is 56.9 Å². The molecule has 4 rings (SSSR count). The Morgan fingerprint density at radius 1 is 0.710 bits per heavy atom. The Morgan fingerprint density at radius 2 is 1.13 bits per heavy atom. The summed E-state index contributed by atoms with van der Waals surface area (Å²) >= 11 is 0. The van der Waals surface area contributed by atoms with Gasteiger partial charge < -0.3 is 0 Å². The predicted octanol–water partition coefficient (Wildman–Crippen LogP) is 6.86. The predicted molar refractivity (Wildman–Crippen MR) is 133 cm³/mol. The minimum atomic E-state index is -3.05. The Hall–Kier alpha value is -2.05. The molecule has 0 radical (unpaired) electrons. The zero-order chi connectivity index (χ0) is 22.7. The van der Waals surface area contributed by atoms with Crippen molar-refractivity contribution in [2.45, 2.75) is 60.0 Å². The molecule has 3 unspecified atom stereocenters. The Morgan fingerprint density at radius 3 is 1.45 bits per heavy atom. The van der Waals surface area contributed by atoms with Crippen LogP contribution < -0.4 is 0 Å². The number of carbonyl (C=O) groups is 2. The number of hydrogen-bond acceptors (Lipinski definition) is 2. The quantitative estimate of drug-likeness (QED) is 0.380. The molecule has 2 nitrogen and oxygen atoms in total. The first-order valence-electron chi connectivity index (χ1n) is 11.5. The van der Waals surface area contributed by atoms with Crippen LogP contribution in [0, 0.1) is 53.4 Å². The molecule has 3 heteroatoms. The van der Waals surface area contributed by atoms with E-state index in [1.807, 2.05) is 27.7 Å². The van der Waals surface area contributed by atoms with E-state index in [0.717, 1.165) is 57.3 Å². The van der Waals surface area contributed by atoms with Crippen LogP contribution in [0.4, 0.5) is 0 Å².